The van der Waals surface area contributed by atoms with Gasteiger partial charge in [0.15, 0.2) is 0 Å². The quantitative estimate of drug-likeness (QED) is 0.698. The smallest absolute Gasteiger partial charge is 0.220 e. The standard InChI is InChI=1S/C13H26N2O/c1-13(2,9-14)10-15-12(16)8-4-7-11-5-3-6-11/h11H,3-10,14H2,1-2H3,(H,15,16). The number of rotatable bonds is 7. The number of hydrogen-bond acceptors (Lipinski definition) is 2. The summed E-state index contributed by atoms with van der Waals surface area (Å²) in [5.41, 5.74) is 5.62. The topological polar surface area (TPSA) is 55.1 Å². The molecule has 3 nitrogen and oxygen atoms in total. The summed E-state index contributed by atoms with van der Waals surface area (Å²) in [5, 5.41) is 2.96. The Morgan fingerprint density at radius 3 is 2.62 bits per heavy atom. The first-order valence-electron chi connectivity index (χ1n) is 6.50. The highest BCUT2D eigenvalue weighted by atomic mass is 16.1. The molecule has 0 aromatic heterocycles. The van der Waals surface area contributed by atoms with Crippen molar-refractivity contribution in [1.82, 2.24) is 5.32 Å². The number of hydrogen-bond donors (Lipinski definition) is 2. The van der Waals surface area contributed by atoms with Crippen molar-refractivity contribution in [2.75, 3.05) is 13.1 Å². The predicted molar refractivity (Wildman–Crippen MR) is 67.0 cm³/mol. The van der Waals surface area contributed by atoms with Crippen molar-refractivity contribution in [3.8, 4) is 0 Å². The second-order valence-corrected chi connectivity index (χ2v) is 5.83. The van der Waals surface area contributed by atoms with Crippen LogP contribution in [0.3, 0.4) is 0 Å². The van der Waals surface area contributed by atoms with E-state index in [1.54, 1.807) is 0 Å². The van der Waals surface area contributed by atoms with Gasteiger partial charge in [-0.1, -0.05) is 33.1 Å². The SMILES string of the molecule is CC(C)(CN)CNC(=O)CCCC1CCC1. The predicted octanol–water partition coefficient (Wildman–Crippen LogP) is 2.06. The average Bonchev–Trinajstić information content (AvgIpc) is 2.19. The lowest BCUT2D eigenvalue weighted by Gasteiger charge is -2.25. The summed E-state index contributed by atoms with van der Waals surface area (Å²) in [6, 6.07) is 0. The summed E-state index contributed by atoms with van der Waals surface area (Å²) in [5.74, 6) is 1.09. The lowest BCUT2D eigenvalue weighted by molar-refractivity contribution is -0.121. The first kappa shape index (κ1) is 13.5. The van der Waals surface area contributed by atoms with Crippen molar-refractivity contribution in [3.05, 3.63) is 0 Å². The number of amides is 1. The van der Waals surface area contributed by atoms with Crippen LogP contribution in [0.5, 0.6) is 0 Å². The Morgan fingerprint density at radius 2 is 2.12 bits per heavy atom. The monoisotopic (exact) mass is 226 g/mol. The molecule has 0 atom stereocenters. The highest BCUT2D eigenvalue weighted by molar-refractivity contribution is 5.75. The molecule has 0 saturated heterocycles. The summed E-state index contributed by atoms with van der Waals surface area (Å²) in [7, 11) is 0. The fourth-order valence-electron chi connectivity index (χ4n) is 1.83. The summed E-state index contributed by atoms with van der Waals surface area (Å²) in [4.78, 5) is 11.5. The maximum atomic E-state index is 11.5. The van der Waals surface area contributed by atoms with Crippen LogP contribution in [0.1, 0.15) is 52.4 Å². The third-order valence-corrected chi connectivity index (χ3v) is 3.56. The van der Waals surface area contributed by atoms with Crippen LogP contribution in [-0.2, 0) is 4.79 Å². The largest absolute Gasteiger partial charge is 0.356 e. The van der Waals surface area contributed by atoms with E-state index in [4.69, 9.17) is 5.73 Å². The highest BCUT2D eigenvalue weighted by Gasteiger charge is 2.18. The fourth-order valence-corrected chi connectivity index (χ4v) is 1.83. The molecule has 1 fully saturated rings. The molecule has 3 N–H and O–H groups in total. The third-order valence-electron chi connectivity index (χ3n) is 3.56. The van der Waals surface area contributed by atoms with Gasteiger partial charge in [0.2, 0.25) is 5.91 Å². The van der Waals surface area contributed by atoms with E-state index < -0.39 is 0 Å². The maximum absolute atomic E-state index is 11.5. The molecule has 0 radical (unpaired) electrons. The normalized spacial score (nSPS) is 16.9. The van der Waals surface area contributed by atoms with Crippen LogP contribution in [0.15, 0.2) is 0 Å². The van der Waals surface area contributed by atoms with Gasteiger partial charge in [-0.2, -0.15) is 0 Å². The van der Waals surface area contributed by atoms with Crippen LogP contribution in [0.25, 0.3) is 0 Å². The van der Waals surface area contributed by atoms with Gasteiger partial charge in [-0.15, -0.1) is 0 Å². The van der Waals surface area contributed by atoms with Crippen molar-refractivity contribution in [2.45, 2.75) is 52.4 Å². The number of carbonyl (C=O) groups excluding carboxylic acids is 1. The van der Waals surface area contributed by atoms with Gasteiger partial charge >= 0.3 is 0 Å². The van der Waals surface area contributed by atoms with E-state index in [2.05, 4.69) is 19.2 Å². The Labute approximate surface area is 99.2 Å². The molecule has 1 rings (SSSR count). The number of nitrogens with two attached hydrogens (primary N) is 1. The van der Waals surface area contributed by atoms with Crippen molar-refractivity contribution in [2.24, 2.45) is 17.1 Å². The fraction of sp³-hybridized carbons (Fsp3) is 0.923. The summed E-state index contributed by atoms with van der Waals surface area (Å²) < 4.78 is 0. The van der Waals surface area contributed by atoms with E-state index in [-0.39, 0.29) is 11.3 Å². The minimum absolute atomic E-state index is 0.0175. The molecule has 0 spiro atoms. The molecular weight excluding hydrogens is 200 g/mol. The molecule has 0 bridgehead atoms. The molecule has 1 aliphatic carbocycles. The molecule has 1 saturated carbocycles. The van der Waals surface area contributed by atoms with E-state index in [0.717, 1.165) is 12.3 Å². The van der Waals surface area contributed by atoms with E-state index in [0.29, 0.717) is 19.5 Å². The van der Waals surface area contributed by atoms with E-state index >= 15 is 0 Å². The zero-order chi connectivity index (χ0) is 12.0. The van der Waals surface area contributed by atoms with Crippen LogP contribution in [0, 0.1) is 11.3 Å². The van der Waals surface area contributed by atoms with Crippen molar-refractivity contribution in [3.63, 3.8) is 0 Å². The molecule has 0 aliphatic heterocycles. The molecule has 16 heavy (non-hydrogen) atoms. The Kier molecular flexibility index (Phi) is 5.26. The van der Waals surface area contributed by atoms with Gasteiger partial charge in [-0.05, 0) is 30.7 Å². The number of carbonyl (C=O) groups is 1. The third kappa shape index (κ3) is 4.97. The minimum atomic E-state index is 0.0175. The molecule has 0 heterocycles. The molecule has 94 valence electrons. The highest BCUT2D eigenvalue weighted by Crippen LogP contribution is 2.30. The molecule has 3 heteroatoms. The first-order valence-corrected chi connectivity index (χ1v) is 6.50. The molecule has 1 aliphatic rings. The van der Waals surface area contributed by atoms with Crippen LogP contribution < -0.4 is 11.1 Å². The Morgan fingerprint density at radius 1 is 1.44 bits per heavy atom. The van der Waals surface area contributed by atoms with Crippen molar-refractivity contribution >= 4 is 5.91 Å². The van der Waals surface area contributed by atoms with Gasteiger partial charge in [-0.25, -0.2) is 0 Å². The van der Waals surface area contributed by atoms with E-state index in [9.17, 15) is 4.79 Å². The average molecular weight is 226 g/mol. The Bertz CT molecular complexity index is 222. The van der Waals surface area contributed by atoms with Crippen molar-refractivity contribution in [1.29, 1.82) is 0 Å². The van der Waals surface area contributed by atoms with Gasteiger partial charge in [-0.3, -0.25) is 4.79 Å². The first-order chi connectivity index (χ1) is 7.53. The molecule has 0 aromatic carbocycles. The van der Waals surface area contributed by atoms with E-state index in [1.807, 2.05) is 0 Å². The van der Waals surface area contributed by atoms with Crippen LogP contribution in [0.4, 0.5) is 0 Å². The van der Waals surface area contributed by atoms with Gasteiger partial charge < -0.3 is 11.1 Å². The zero-order valence-electron chi connectivity index (χ0n) is 10.7. The lowest BCUT2D eigenvalue weighted by Crippen LogP contribution is -2.38. The molecule has 1 amide bonds. The van der Waals surface area contributed by atoms with Crippen LogP contribution in [0.2, 0.25) is 0 Å². The van der Waals surface area contributed by atoms with Crippen LogP contribution >= 0.6 is 0 Å². The van der Waals surface area contributed by atoms with Crippen LogP contribution in [-0.4, -0.2) is 19.0 Å². The van der Waals surface area contributed by atoms with Gasteiger partial charge in [0.1, 0.15) is 0 Å². The number of nitrogens with one attached hydrogen (secondary N) is 1. The van der Waals surface area contributed by atoms with E-state index in [1.165, 1.54) is 25.7 Å². The van der Waals surface area contributed by atoms with Crippen molar-refractivity contribution < 1.29 is 4.79 Å². The summed E-state index contributed by atoms with van der Waals surface area (Å²) >= 11 is 0. The molecule has 0 aromatic rings. The maximum Gasteiger partial charge on any atom is 0.220 e. The Hall–Kier alpha value is -0.570. The Balaban J connectivity index is 2.01. The second kappa shape index (κ2) is 6.24. The molecular formula is C13H26N2O. The summed E-state index contributed by atoms with van der Waals surface area (Å²) in [6.07, 6.45) is 7.09. The van der Waals surface area contributed by atoms with Gasteiger partial charge in [0.05, 0.1) is 0 Å². The van der Waals surface area contributed by atoms with Gasteiger partial charge in [0.25, 0.3) is 0 Å². The second-order valence-electron chi connectivity index (χ2n) is 5.83. The minimum Gasteiger partial charge on any atom is -0.356 e. The van der Waals surface area contributed by atoms with Gasteiger partial charge in [0, 0.05) is 13.0 Å². The molecule has 0 unspecified atom stereocenters. The summed E-state index contributed by atoms with van der Waals surface area (Å²) in [6.45, 7) is 5.43. The lowest BCUT2D eigenvalue weighted by atomic mass is 9.82. The zero-order valence-corrected chi connectivity index (χ0v) is 10.7.